The first-order valence-electron chi connectivity index (χ1n) is 4.16. The van der Waals surface area contributed by atoms with E-state index in [0.717, 1.165) is 8.66 Å². The van der Waals surface area contributed by atoms with Gasteiger partial charge in [-0.05, 0) is 28.1 Å². The van der Waals surface area contributed by atoms with E-state index in [-0.39, 0.29) is 5.91 Å². The van der Waals surface area contributed by atoms with Crippen LogP contribution in [-0.4, -0.2) is 10.9 Å². The smallest absolute Gasteiger partial charge is 0.271 e. The molecule has 0 aromatic carbocycles. The SMILES string of the molecule is O=C(NCc1ccc(Br)s1)c1cscn1. The molecule has 0 aliphatic rings. The van der Waals surface area contributed by atoms with Crippen LogP contribution in [0.4, 0.5) is 0 Å². The highest BCUT2D eigenvalue weighted by Crippen LogP contribution is 2.21. The third-order valence-corrected chi connectivity index (χ3v) is 3.93. The Hall–Kier alpha value is -0.720. The largest absolute Gasteiger partial charge is 0.346 e. The number of halogens is 1. The van der Waals surface area contributed by atoms with Crippen molar-refractivity contribution in [3.05, 3.63) is 37.4 Å². The average molecular weight is 303 g/mol. The molecule has 2 heterocycles. The molecule has 2 rings (SSSR count). The number of thiazole rings is 1. The van der Waals surface area contributed by atoms with Crippen molar-refractivity contribution < 1.29 is 4.79 Å². The number of thiophene rings is 1. The molecule has 1 N–H and O–H groups in total. The third-order valence-electron chi connectivity index (χ3n) is 1.72. The molecule has 0 atom stereocenters. The van der Waals surface area contributed by atoms with Crippen LogP contribution in [0.5, 0.6) is 0 Å². The second-order valence-electron chi connectivity index (χ2n) is 2.76. The number of hydrogen-bond donors (Lipinski definition) is 1. The van der Waals surface area contributed by atoms with Gasteiger partial charge in [-0.2, -0.15) is 0 Å². The predicted molar refractivity (Wildman–Crippen MR) is 65.3 cm³/mol. The summed E-state index contributed by atoms with van der Waals surface area (Å²) in [6.45, 7) is 0.548. The average Bonchev–Trinajstić information content (AvgIpc) is 2.84. The monoisotopic (exact) mass is 302 g/mol. The van der Waals surface area contributed by atoms with Crippen molar-refractivity contribution >= 4 is 44.5 Å². The summed E-state index contributed by atoms with van der Waals surface area (Å²) < 4.78 is 1.07. The van der Waals surface area contributed by atoms with Crippen molar-refractivity contribution in [2.45, 2.75) is 6.54 Å². The summed E-state index contributed by atoms with van der Waals surface area (Å²) in [5, 5.41) is 4.55. The number of amides is 1. The standard InChI is InChI=1S/C9H7BrN2OS2/c10-8-2-1-6(15-8)3-11-9(13)7-4-14-5-12-7/h1-2,4-5H,3H2,(H,11,13). The number of rotatable bonds is 3. The fourth-order valence-corrected chi connectivity index (χ4v) is 2.98. The summed E-state index contributed by atoms with van der Waals surface area (Å²) in [6.07, 6.45) is 0. The summed E-state index contributed by atoms with van der Waals surface area (Å²) in [4.78, 5) is 16.6. The maximum atomic E-state index is 11.5. The maximum absolute atomic E-state index is 11.5. The summed E-state index contributed by atoms with van der Waals surface area (Å²) >= 11 is 6.40. The molecule has 78 valence electrons. The zero-order valence-corrected chi connectivity index (χ0v) is 10.8. The van der Waals surface area contributed by atoms with Crippen molar-refractivity contribution in [2.24, 2.45) is 0 Å². The van der Waals surface area contributed by atoms with Crippen LogP contribution in [-0.2, 0) is 6.54 Å². The Labute approximate surface area is 103 Å². The van der Waals surface area contributed by atoms with Gasteiger partial charge in [-0.3, -0.25) is 4.79 Å². The molecule has 2 aromatic heterocycles. The van der Waals surface area contributed by atoms with E-state index in [0.29, 0.717) is 12.2 Å². The Morgan fingerprint density at radius 2 is 2.40 bits per heavy atom. The molecule has 0 bridgehead atoms. The fraction of sp³-hybridized carbons (Fsp3) is 0.111. The highest BCUT2D eigenvalue weighted by atomic mass is 79.9. The third kappa shape index (κ3) is 2.87. The van der Waals surface area contributed by atoms with Gasteiger partial charge in [0.2, 0.25) is 0 Å². The second-order valence-corrected chi connectivity index (χ2v) is 6.03. The number of carbonyl (C=O) groups excluding carboxylic acids is 1. The number of aromatic nitrogens is 1. The van der Waals surface area contributed by atoms with Gasteiger partial charge in [-0.25, -0.2) is 4.98 Å². The van der Waals surface area contributed by atoms with E-state index in [1.807, 2.05) is 12.1 Å². The lowest BCUT2D eigenvalue weighted by Gasteiger charge is -1.99. The van der Waals surface area contributed by atoms with E-state index >= 15 is 0 Å². The van der Waals surface area contributed by atoms with Crippen LogP contribution in [0, 0.1) is 0 Å². The first kappa shape index (κ1) is 10.8. The quantitative estimate of drug-likeness (QED) is 0.947. The molecule has 0 unspecified atom stereocenters. The Morgan fingerprint density at radius 3 is 3.00 bits per heavy atom. The number of nitrogens with zero attached hydrogens (tertiary/aromatic N) is 1. The normalized spacial score (nSPS) is 10.2. The second kappa shape index (κ2) is 4.87. The molecule has 0 saturated carbocycles. The highest BCUT2D eigenvalue weighted by Gasteiger charge is 2.07. The van der Waals surface area contributed by atoms with E-state index < -0.39 is 0 Å². The van der Waals surface area contributed by atoms with Gasteiger partial charge in [0.1, 0.15) is 5.69 Å². The Morgan fingerprint density at radius 1 is 1.53 bits per heavy atom. The zero-order valence-electron chi connectivity index (χ0n) is 7.57. The molecule has 0 aliphatic heterocycles. The minimum absolute atomic E-state index is 0.124. The molecule has 0 radical (unpaired) electrons. The van der Waals surface area contributed by atoms with Crippen LogP contribution in [0.1, 0.15) is 15.4 Å². The molecule has 2 aromatic rings. The first-order valence-corrected chi connectivity index (χ1v) is 6.71. The van der Waals surface area contributed by atoms with Gasteiger partial charge in [0.25, 0.3) is 5.91 Å². The maximum Gasteiger partial charge on any atom is 0.271 e. The highest BCUT2D eigenvalue weighted by molar-refractivity contribution is 9.11. The molecule has 3 nitrogen and oxygen atoms in total. The molecule has 0 saturated heterocycles. The molecule has 0 fully saturated rings. The van der Waals surface area contributed by atoms with Crippen LogP contribution in [0.25, 0.3) is 0 Å². The van der Waals surface area contributed by atoms with Crippen molar-refractivity contribution in [3.63, 3.8) is 0 Å². The van der Waals surface area contributed by atoms with Crippen molar-refractivity contribution in [2.75, 3.05) is 0 Å². The molecule has 6 heteroatoms. The molecular formula is C9H7BrN2OS2. The minimum atomic E-state index is -0.124. The van der Waals surface area contributed by atoms with Crippen molar-refractivity contribution in [1.82, 2.24) is 10.3 Å². The van der Waals surface area contributed by atoms with E-state index in [1.165, 1.54) is 11.3 Å². The number of nitrogens with one attached hydrogen (secondary N) is 1. The summed E-state index contributed by atoms with van der Waals surface area (Å²) in [7, 11) is 0. The summed E-state index contributed by atoms with van der Waals surface area (Å²) in [5.74, 6) is -0.124. The fourth-order valence-electron chi connectivity index (χ4n) is 1.03. The van der Waals surface area contributed by atoms with Crippen LogP contribution in [0.15, 0.2) is 26.8 Å². The van der Waals surface area contributed by atoms with Crippen molar-refractivity contribution in [3.8, 4) is 0 Å². The van der Waals surface area contributed by atoms with E-state index in [9.17, 15) is 4.79 Å². The molecule has 0 aliphatic carbocycles. The van der Waals surface area contributed by atoms with Crippen LogP contribution < -0.4 is 5.32 Å². The van der Waals surface area contributed by atoms with Gasteiger partial charge in [0.05, 0.1) is 15.8 Å². The lowest BCUT2D eigenvalue weighted by Crippen LogP contribution is -2.22. The van der Waals surface area contributed by atoms with E-state index in [1.54, 1.807) is 22.2 Å². The molecular weight excluding hydrogens is 296 g/mol. The minimum Gasteiger partial charge on any atom is -0.346 e. The Balaban J connectivity index is 1.91. The first-order chi connectivity index (χ1) is 7.25. The summed E-state index contributed by atoms with van der Waals surface area (Å²) in [6, 6.07) is 3.95. The van der Waals surface area contributed by atoms with Crippen LogP contribution in [0.2, 0.25) is 0 Å². The molecule has 0 spiro atoms. The Bertz CT molecular complexity index is 452. The predicted octanol–water partition coefficient (Wildman–Crippen LogP) is 2.90. The molecule has 15 heavy (non-hydrogen) atoms. The topological polar surface area (TPSA) is 42.0 Å². The lowest BCUT2D eigenvalue weighted by molar-refractivity contribution is 0.0947. The van der Waals surface area contributed by atoms with Gasteiger partial charge < -0.3 is 5.32 Å². The zero-order chi connectivity index (χ0) is 10.7. The lowest BCUT2D eigenvalue weighted by atomic mass is 10.4. The Kier molecular flexibility index (Phi) is 3.50. The van der Waals surface area contributed by atoms with Gasteiger partial charge in [0, 0.05) is 10.3 Å². The van der Waals surface area contributed by atoms with Crippen LogP contribution >= 0.6 is 38.6 Å². The van der Waals surface area contributed by atoms with Gasteiger partial charge in [-0.1, -0.05) is 0 Å². The van der Waals surface area contributed by atoms with Crippen LogP contribution in [0.3, 0.4) is 0 Å². The molecule has 1 amide bonds. The van der Waals surface area contributed by atoms with Gasteiger partial charge in [0.15, 0.2) is 0 Å². The number of carbonyl (C=O) groups is 1. The van der Waals surface area contributed by atoms with Gasteiger partial charge in [-0.15, -0.1) is 22.7 Å². The van der Waals surface area contributed by atoms with E-state index in [4.69, 9.17) is 0 Å². The number of hydrogen-bond acceptors (Lipinski definition) is 4. The van der Waals surface area contributed by atoms with Crippen molar-refractivity contribution in [1.29, 1.82) is 0 Å². The van der Waals surface area contributed by atoms with E-state index in [2.05, 4.69) is 26.2 Å². The summed E-state index contributed by atoms with van der Waals surface area (Å²) in [5.41, 5.74) is 2.13. The van der Waals surface area contributed by atoms with Gasteiger partial charge >= 0.3 is 0 Å².